The lowest BCUT2D eigenvalue weighted by molar-refractivity contribution is -0.198. The summed E-state index contributed by atoms with van der Waals surface area (Å²) in [5, 5.41) is 0. The van der Waals surface area contributed by atoms with Crippen molar-refractivity contribution in [1.82, 2.24) is 4.90 Å². The molecule has 2 aliphatic heterocycles. The molecular formula is C13H21NO3. The van der Waals surface area contributed by atoms with Crippen LogP contribution < -0.4 is 0 Å². The zero-order valence-electron chi connectivity index (χ0n) is 10.5. The maximum absolute atomic E-state index is 11.9. The van der Waals surface area contributed by atoms with Gasteiger partial charge in [0.2, 0.25) is 5.91 Å². The number of likely N-dealkylation sites (tertiary alicyclic amines) is 1. The summed E-state index contributed by atoms with van der Waals surface area (Å²) in [5.41, 5.74) is -0.0852. The van der Waals surface area contributed by atoms with Crippen LogP contribution in [0.3, 0.4) is 0 Å². The molecule has 1 atom stereocenters. The van der Waals surface area contributed by atoms with Crippen molar-refractivity contribution < 1.29 is 14.3 Å². The van der Waals surface area contributed by atoms with E-state index in [1.54, 1.807) is 7.11 Å². The molecule has 96 valence electrons. The fourth-order valence-corrected chi connectivity index (χ4v) is 2.93. The lowest BCUT2D eigenvalue weighted by Gasteiger charge is -2.53. The van der Waals surface area contributed by atoms with Crippen molar-refractivity contribution >= 4 is 5.91 Å². The van der Waals surface area contributed by atoms with Crippen molar-refractivity contribution in [2.45, 2.75) is 43.8 Å². The predicted molar refractivity (Wildman–Crippen MR) is 62.6 cm³/mol. The number of hydrogen-bond donors (Lipinski definition) is 0. The lowest BCUT2D eigenvalue weighted by atomic mass is 9.84. The highest BCUT2D eigenvalue weighted by molar-refractivity contribution is 5.78. The average Bonchev–Trinajstić information content (AvgIpc) is 3.09. The van der Waals surface area contributed by atoms with E-state index in [2.05, 4.69) is 0 Å². The van der Waals surface area contributed by atoms with Gasteiger partial charge in [-0.2, -0.15) is 0 Å². The van der Waals surface area contributed by atoms with Gasteiger partial charge < -0.3 is 14.4 Å². The van der Waals surface area contributed by atoms with Crippen molar-refractivity contribution in [2.24, 2.45) is 5.92 Å². The molecular weight excluding hydrogens is 218 g/mol. The van der Waals surface area contributed by atoms with Crippen LogP contribution in [0.4, 0.5) is 0 Å². The van der Waals surface area contributed by atoms with Gasteiger partial charge >= 0.3 is 0 Å². The third-order valence-corrected chi connectivity index (χ3v) is 4.25. The molecule has 1 aliphatic carbocycles. The predicted octanol–water partition coefficient (Wildman–Crippen LogP) is 1.19. The second-order valence-electron chi connectivity index (χ2n) is 5.78. The Kier molecular flexibility index (Phi) is 2.87. The molecule has 2 saturated heterocycles. The summed E-state index contributed by atoms with van der Waals surface area (Å²) in [6, 6.07) is 0. The molecule has 0 unspecified atom stereocenters. The number of amides is 1. The molecule has 3 fully saturated rings. The van der Waals surface area contributed by atoms with E-state index in [1.807, 2.05) is 4.90 Å². The minimum absolute atomic E-state index is 0.0852. The second-order valence-corrected chi connectivity index (χ2v) is 5.78. The lowest BCUT2D eigenvalue weighted by Crippen LogP contribution is -2.67. The molecule has 0 N–H and O–H groups in total. The Balaban J connectivity index is 1.50. The van der Waals surface area contributed by atoms with E-state index in [0.717, 1.165) is 39.0 Å². The van der Waals surface area contributed by atoms with Crippen LogP contribution in [-0.4, -0.2) is 49.3 Å². The Morgan fingerprint density at radius 1 is 1.41 bits per heavy atom. The zero-order valence-corrected chi connectivity index (χ0v) is 10.5. The Labute approximate surface area is 102 Å². The molecule has 0 aromatic carbocycles. The van der Waals surface area contributed by atoms with E-state index in [4.69, 9.17) is 9.47 Å². The first-order chi connectivity index (χ1) is 8.21. The van der Waals surface area contributed by atoms with Crippen LogP contribution in [0.2, 0.25) is 0 Å². The van der Waals surface area contributed by atoms with Crippen molar-refractivity contribution in [2.75, 3.05) is 26.8 Å². The number of carbonyl (C=O) groups is 1. The first-order valence-electron chi connectivity index (χ1n) is 6.65. The van der Waals surface area contributed by atoms with Gasteiger partial charge in [-0.25, -0.2) is 0 Å². The van der Waals surface area contributed by atoms with Crippen molar-refractivity contribution in [1.29, 1.82) is 0 Å². The molecule has 4 heteroatoms. The fraction of sp³-hybridized carbons (Fsp3) is 0.923. The van der Waals surface area contributed by atoms with Crippen LogP contribution in [0.15, 0.2) is 0 Å². The van der Waals surface area contributed by atoms with Gasteiger partial charge in [0.05, 0.1) is 19.2 Å². The minimum Gasteiger partial charge on any atom is -0.381 e. The van der Waals surface area contributed by atoms with Gasteiger partial charge in [-0.1, -0.05) is 0 Å². The van der Waals surface area contributed by atoms with Crippen LogP contribution in [0.25, 0.3) is 0 Å². The summed E-state index contributed by atoms with van der Waals surface area (Å²) in [4.78, 5) is 13.8. The Bertz CT molecular complexity index is 308. The van der Waals surface area contributed by atoms with Crippen LogP contribution in [0, 0.1) is 5.92 Å². The van der Waals surface area contributed by atoms with Crippen LogP contribution in [0.5, 0.6) is 0 Å². The molecule has 1 amide bonds. The van der Waals surface area contributed by atoms with Gasteiger partial charge in [0.1, 0.15) is 5.60 Å². The van der Waals surface area contributed by atoms with Crippen LogP contribution in [0.1, 0.15) is 32.1 Å². The van der Waals surface area contributed by atoms with E-state index in [1.165, 1.54) is 12.8 Å². The van der Waals surface area contributed by atoms with Gasteiger partial charge in [0, 0.05) is 26.6 Å². The SMILES string of the molecule is CO[C@@H]1CCOC2(C1)CN(C(=O)CC1CC1)C2. The van der Waals surface area contributed by atoms with Crippen LogP contribution >= 0.6 is 0 Å². The summed E-state index contributed by atoms with van der Waals surface area (Å²) in [5.74, 6) is 0.999. The monoisotopic (exact) mass is 239 g/mol. The number of hydrogen-bond acceptors (Lipinski definition) is 3. The van der Waals surface area contributed by atoms with Crippen molar-refractivity contribution in [3.8, 4) is 0 Å². The Morgan fingerprint density at radius 2 is 2.18 bits per heavy atom. The third kappa shape index (κ3) is 2.33. The topological polar surface area (TPSA) is 38.8 Å². The maximum Gasteiger partial charge on any atom is 0.223 e. The molecule has 0 bridgehead atoms. The molecule has 3 rings (SSSR count). The Morgan fingerprint density at radius 3 is 2.82 bits per heavy atom. The normalized spacial score (nSPS) is 31.4. The van der Waals surface area contributed by atoms with Crippen LogP contribution in [-0.2, 0) is 14.3 Å². The first-order valence-corrected chi connectivity index (χ1v) is 6.65. The fourth-order valence-electron chi connectivity index (χ4n) is 2.93. The average molecular weight is 239 g/mol. The Hall–Kier alpha value is -0.610. The summed E-state index contributed by atoms with van der Waals surface area (Å²) in [6.07, 6.45) is 5.47. The molecule has 1 spiro atoms. The molecule has 0 radical (unpaired) electrons. The molecule has 3 aliphatic rings. The zero-order chi connectivity index (χ0) is 11.9. The van der Waals surface area contributed by atoms with E-state index in [-0.39, 0.29) is 5.60 Å². The highest BCUT2D eigenvalue weighted by atomic mass is 16.5. The second kappa shape index (κ2) is 4.25. The molecule has 17 heavy (non-hydrogen) atoms. The summed E-state index contributed by atoms with van der Waals surface area (Å²) in [7, 11) is 1.76. The minimum atomic E-state index is -0.0852. The van der Waals surface area contributed by atoms with Gasteiger partial charge in [-0.05, 0) is 25.2 Å². The van der Waals surface area contributed by atoms with E-state index in [9.17, 15) is 4.79 Å². The summed E-state index contributed by atoms with van der Waals surface area (Å²) < 4.78 is 11.3. The smallest absolute Gasteiger partial charge is 0.223 e. The van der Waals surface area contributed by atoms with Gasteiger partial charge in [0.15, 0.2) is 0 Å². The molecule has 4 nitrogen and oxygen atoms in total. The first kappa shape index (κ1) is 11.5. The van der Waals surface area contributed by atoms with Crippen molar-refractivity contribution in [3.63, 3.8) is 0 Å². The van der Waals surface area contributed by atoms with Gasteiger partial charge in [-0.15, -0.1) is 0 Å². The van der Waals surface area contributed by atoms with Gasteiger partial charge in [0.25, 0.3) is 0 Å². The largest absolute Gasteiger partial charge is 0.381 e. The molecule has 1 saturated carbocycles. The van der Waals surface area contributed by atoms with Gasteiger partial charge in [-0.3, -0.25) is 4.79 Å². The highest BCUT2D eigenvalue weighted by Crippen LogP contribution is 2.38. The third-order valence-electron chi connectivity index (χ3n) is 4.25. The highest BCUT2D eigenvalue weighted by Gasteiger charge is 2.49. The van der Waals surface area contributed by atoms with Crippen molar-refractivity contribution in [3.05, 3.63) is 0 Å². The number of carbonyl (C=O) groups excluding carboxylic acids is 1. The van der Waals surface area contributed by atoms with E-state index < -0.39 is 0 Å². The number of methoxy groups -OCH3 is 1. The number of rotatable bonds is 3. The summed E-state index contributed by atoms with van der Waals surface area (Å²) in [6.45, 7) is 2.32. The van der Waals surface area contributed by atoms with E-state index >= 15 is 0 Å². The molecule has 2 heterocycles. The molecule has 0 aromatic rings. The quantitative estimate of drug-likeness (QED) is 0.742. The summed E-state index contributed by atoms with van der Waals surface area (Å²) >= 11 is 0. The molecule has 0 aromatic heterocycles. The standard InChI is InChI=1S/C13H21NO3/c1-16-11-4-5-17-13(7-11)8-14(9-13)12(15)6-10-2-3-10/h10-11H,2-9H2,1H3/t11-/m1/s1. The number of nitrogens with zero attached hydrogens (tertiary/aromatic N) is 1. The maximum atomic E-state index is 11.9. The number of ether oxygens (including phenoxy) is 2. The van der Waals surface area contributed by atoms with E-state index in [0.29, 0.717) is 17.9 Å².